The van der Waals surface area contributed by atoms with Gasteiger partial charge in [-0.3, -0.25) is 0 Å². The molecule has 0 amide bonds. The molecule has 0 saturated heterocycles. The minimum absolute atomic E-state index is 0. The van der Waals surface area contributed by atoms with Gasteiger partial charge in [-0.1, -0.05) is 26.0 Å². The van der Waals surface area contributed by atoms with E-state index in [2.05, 4.69) is 27.2 Å². The number of hydrogen-bond donors (Lipinski definition) is 5. The third-order valence-electron chi connectivity index (χ3n) is 4.17. The van der Waals surface area contributed by atoms with Crippen LogP contribution in [0.25, 0.3) is 0 Å². The molecule has 172 valence electrons. The van der Waals surface area contributed by atoms with Gasteiger partial charge in [0, 0.05) is 131 Å². The Bertz CT molecular complexity index is 659. The van der Waals surface area contributed by atoms with Crippen LogP contribution in [0.4, 0.5) is 0 Å². The first-order chi connectivity index (χ1) is 11.8. The summed E-state index contributed by atoms with van der Waals surface area (Å²) in [6, 6.07) is 9.80. The predicted molar refractivity (Wildman–Crippen MR) is 135 cm³/mol. The Labute approximate surface area is 370 Å². The van der Waals surface area contributed by atoms with E-state index in [0.717, 1.165) is 31.3 Å². The maximum absolute atomic E-state index is 9.54. The van der Waals surface area contributed by atoms with Crippen molar-refractivity contribution in [3.63, 3.8) is 0 Å². The zero-order valence-corrected chi connectivity index (χ0v) is 43.7. The molecule has 2 aromatic carbocycles. The molecular weight excluding hydrogens is 1160 g/mol. The Morgan fingerprint density at radius 3 is 1.12 bits per heavy atom. The van der Waals surface area contributed by atoms with E-state index in [9.17, 15) is 20.4 Å². The van der Waals surface area contributed by atoms with Crippen LogP contribution in [-0.2, 0) is 144 Å². The zero-order valence-electron chi connectivity index (χ0n) is 19.2. The largest absolute Gasteiger partial charge is 0 e. The summed E-state index contributed by atoms with van der Waals surface area (Å²) in [4.78, 5) is 0. The van der Waals surface area contributed by atoms with Crippen LogP contribution < -0.4 is 5.64 Å². The molecule has 33 heavy (non-hydrogen) atoms. The second kappa shape index (κ2) is 33.6. The van der Waals surface area contributed by atoms with Gasteiger partial charge in [-0.05, 0) is 60.1 Å². The molecule has 2 atom stereocenters. The Kier molecular flexibility index (Phi) is 59.2. The quantitative estimate of drug-likeness (QED) is 0.186. The van der Waals surface area contributed by atoms with Crippen LogP contribution in [0.5, 0.6) is 23.0 Å². The molecule has 0 aliphatic rings. The third-order valence-corrected chi connectivity index (χ3v) is 4.17. The number of nitrogens with two attached hydrogens (primary N) is 1. The molecule has 0 unspecified atom stereocenters. The van der Waals surface area contributed by atoms with Gasteiger partial charge in [0.05, 0.1) is 0 Å². The van der Waals surface area contributed by atoms with Crippen LogP contribution in [0.2, 0.25) is 0 Å². The van der Waals surface area contributed by atoms with Crippen molar-refractivity contribution in [1.82, 2.24) is 0 Å². The SMILES string of the molecule is C[C@H](Cc1ccc(O)c(O)c1)[C@@H](C)Cc1ccc(O)c(O)c1.[B][B-]N.[SbH2].[SbH2].[SbH2].[SbH2].[Y].[Y].[Y].[Y]. The van der Waals surface area contributed by atoms with Crippen LogP contribution in [0.15, 0.2) is 36.4 Å². The van der Waals surface area contributed by atoms with Crippen molar-refractivity contribution in [2.45, 2.75) is 26.7 Å². The molecule has 0 aliphatic carbocycles. The molecule has 0 heterocycles. The number of aromatic hydroxyl groups is 4. The monoisotopic (exact) mass is 1190 g/mol. The third kappa shape index (κ3) is 24.9. The van der Waals surface area contributed by atoms with Crippen LogP contribution >= 0.6 is 0 Å². The summed E-state index contributed by atoms with van der Waals surface area (Å²) in [5.41, 5.74) is 6.45. The topological polar surface area (TPSA) is 107 Å². The Morgan fingerprint density at radius 1 is 0.667 bits per heavy atom. The van der Waals surface area contributed by atoms with Crippen molar-refractivity contribution in [1.29, 1.82) is 0 Å². The summed E-state index contributed by atoms with van der Waals surface area (Å²) in [6.45, 7) is 4.27. The van der Waals surface area contributed by atoms with Gasteiger partial charge in [-0.25, -0.2) is 7.74 Å². The van der Waals surface area contributed by atoms with Crippen molar-refractivity contribution in [2.24, 2.45) is 17.5 Å². The zero-order chi connectivity index (χ0) is 19.0. The van der Waals surface area contributed by atoms with Gasteiger partial charge in [0.25, 0.3) is 0 Å². The molecule has 15 heteroatoms. The molecule has 6 N–H and O–H groups in total. The summed E-state index contributed by atoms with van der Waals surface area (Å²) >= 11 is 0. The van der Waals surface area contributed by atoms with Crippen LogP contribution in [0, 0.1) is 11.8 Å². The van der Waals surface area contributed by atoms with E-state index in [0.29, 0.717) is 11.8 Å². The van der Waals surface area contributed by atoms with E-state index in [4.69, 9.17) is 0 Å². The van der Waals surface area contributed by atoms with Crippen molar-refractivity contribution in [2.75, 3.05) is 0 Å². The summed E-state index contributed by atoms with van der Waals surface area (Å²) in [7, 11) is 5.50. The summed E-state index contributed by atoms with van der Waals surface area (Å²) in [6.07, 6.45) is 1.58. The Morgan fingerprint density at radius 2 is 0.909 bits per heavy atom. The number of phenolic OH excluding ortho intramolecular Hbond substituents is 4. The minimum Gasteiger partial charge on any atom is 0 e. The van der Waals surface area contributed by atoms with Crippen LogP contribution in [0.1, 0.15) is 25.0 Å². The van der Waals surface area contributed by atoms with Crippen molar-refractivity contribution in [3.05, 3.63) is 47.5 Å². The van der Waals surface area contributed by atoms with Crippen LogP contribution in [-0.4, -0.2) is 133 Å². The van der Waals surface area contributed by atoms with Gasteiger partial charge in [0.2, 0.25) is 0 Å². The summed E-state index contributed by atoms with van der Waals surface area (Å²) in [5.74, 6) is 0.314. The summed E-state index contributed by atoms with van der Waals surface area (Å²) in [5, 5.41) is 37.8. The van der Waals surface area contributed by atoms with E-state index >= 15 is 0 Å². The molecule has 5 nitrogen and oxygen atoms in total. The van der Waals surface area contributed by atoms with E-state index in [1.807, 2.05) is 12.1 Å². The van der Waals surface area contributed by atoms with Gasteiger partial charge in [-0.2, -0.15) is 0 Å². The molecule has 0 aliphatic heterocycles. The fraction of sp³-hybridized carbons (Fsp3) is 0.333. The minimum atomic E-state index is -0.107. The normalized spacial score (nSPS) is 9.67. The first kappa shape index (κ1) is 58.1. The maximum atomic E-state index is 9.54. The maximum Gasteiger partial charge on any atom is 0 e. The van der Waals surface area contributed by atoms with E-state index in [-0.39, 0.29) is 252 Å². The first-order valence-corrected chi connectivity index (χ1v) is 8.05. The molecule has 0 saturated carbocycles. The average Bonchev–Trinajstić information content (AvgIpc) is 2.55. The van der Waals surface area contributed by atoms with Gasteiger partial charge in [0.15, 0.2) is 23.0 Å². The predicted octanol–water partition coefficient (Wildman–Crippen LogP) is -1.46. The standard InChI is InChI=1S/C18H22O4.B2H2N.4Sb.4Y.8H/c1-11(7-13-3-5-15(19)17(21)9-13)12(2)8-14-4-6-16(20)18(22)10-14;1-2-3;;;;;;;;;;;;;;;;/h3-6,9-12,19-22H,7-8H2,1-2H3;3H2;;;;;;;;;;;;;;;;/q;-1;;;;;;;;;;;;;;;;/t11-,12+;;;;;;;;;;;;;;;;;. The van der Waals surface area contributed by atoms with Gasteiger partial charge in [-0.15, -0.1) is 0 Å². The summed E-state index contributed by atoms with van der Waals surface area (Å²) < 4.78 is 0. The van der Waals surface area contributed by atoms with Crippen LogP contribution in [0.3, 0.4) is 0 Å². The second-order valence-corrected chi connectivity index (χ2v) is 6.20. The molecule has 12 radical (unpaired) electrons. The molecule has 0 aromatic heterocycles. The van der Waals surface area contributed by atoms with Crippen molar-refractivity contribution < 1.29 is 151 Å². The van der Waals surface area contributed by atoms with E-state index < -0.39 is 0 Å². The van der Waals surface area contributed by atoms with Gasteiger partial charge < -0.3 is 33.4 Å². The smallest absolute Gasteiger partial charge is 0 e. The molecular formula is C18H32B2NO4Sb4Y4-. The first-order valence-electron chi connectivity index (χ1n) is 8.05. The van der Waals surface area contributed by atoms with E-state index in [1.54, 1.807) is 12.1 Å². The molecule has 2 aromatic rings. The Balaban J connectivity index is -0.0000000899. The number of rotatable bonds is 5. The molecule has 2 rings (SSSR count). The Hall–Kier alpha value is 5.42. The fourth-order valence-corrected chi connectivity index (χ4v) is 2.54. The molecule has 0 bridgehead atoms. The molecule has 0 spiro atoms. The van der Waals surface area contributed by atoms with Gasteiger partial charge in [0.1, 0.15) is 0 Å². The number of benzene rings is 2. The number of phenols is 4. The second-order valence-electron chi connectivity index (χ2n) is 6.20. The fourth-order valence-electron chi connectivity index (χ4n) is 2.54. The molecule has 0 fully saturated rings. The van der Waals surface area contributed by atoms with Crippen molar-refractivity contribution in [3.8, 4) is 23.0 Å². The average molecular weight is 1190 g/mol. The number of hydrogen-bond acceptors (Lipinski definition) is 5. The van der Waals surface area contributed by atoms with Crippen molar-refractivity contribution >= 4 is 113 Å². The van der Waals surface area contributed by atoms with Gasteiger partial charge >= 0.3 is 97.7 Å². The van der Waals surface area contributed by atoms with E-state index in [1.165, 1.54) is 12.1 Å².